The normalized spacial score (nSPS) is 17.1. The first kappa shape index (κ1) is 29.6. The average molecular weight is 556 g/mol. The summed E-state index contributed by atoms with van der Waals surface area (Å²) in [6.45, 7) is 12.4. The van der Waals surface area contributed by atoms with Crippen molar-refractivity contribution in [1.82, 2.24) is 0 Å². The number of hydrogen-bond acceptors (Lipinski definition) is 5. The molecular formula is C34H37NO6. The quantitative estimate of drug-likeness (QED) is 0.203. The maximum absolute atomic E-state index is 13.7. The minimum absolute atomic E-state index is 0.0440. The van der Waals surface area contributed by atoms with E-state index in [-0.39, 0.29) is 28.6 Å². The monoisotopic (exact) mass is 555 g/mol. The molecule has 0 bridgehead atoms. The van der Waals surface area contributed by atoms with Gasteiger partial charge in [-0.25, -0.2) is 0 Å². The fourth-order valence-corrected chi connectivity index (χ4v) is 5.03. The SMILES string of the molecule is COc1ccc(C(C)(C)C)cc1/C(O)=C1\C(=O)C(=O)N(c2ccc(CC(=O)O)cc2)C1c1ccc(C(C)(C)C)cc1. The lowest BCUT2D eigenvalue weighted by Crippen LogP contribution is -2.29. The molecule has 1 unspecified atom stereocenters. The Labute approximate surface area is 241 Å². The predicted octanol–water partition coefficient (Wildman–Crippen LogP) is 6.54. The summed E-state index contributed by atoms with van der Waals surface area (Å²) >= 11 is 0. The third-order valence-corrected chi connectivity index (χ3v) is 7.43. The highest BCUT2D eigenvalue weighted by Gasteiger charge is 2.47. The number of anilines is 1. The Hall–Kier alpha value is -4.39. The molecule has 1 atom stereocenters. The van der Waals surface area contributed by atoms with Crippen LogP contribution in [0.15, 0.2) is 72.3 Å². The molecule has 2 N–H and O–H groups in total. The number of carbonyl (C=O) groups is 3. The van der Waals surface area contributed by atoms with E-state index in [4.69, 9.17) is 9.84 Å². The Bertz CT molecular complexity index is 1520. The van der Waals surface area contributed by atoms with Gasteiger partial charge in [-0.3, -0.25) is 19.3 Å². The number of rotatable bonds is 6. The van der Waals surface area contributed by atoms with Gasteiger partial charge >= 0.3 is 5.97 Å². The lowest BCUT2D eigenvalue weighted by molar-refractivity contribution is -0.136. The molecule has 0 aliphatic carbocycles. The summed E-state index contributed by atoms with van der Waals surface area (Å²) in [4.78, 5) is 39.8. The van der Waals surface area contributed by atoms with E-state index in [2.05, 4.69) is 20.8 Å². The minimum Gasteiger partial charge on any atom is -0.507 e. The van der Waals surface area contributed by atoms with Gasteiger partial charge in [0.15, 0.2) is 0 Å². The lowest BCUT2D eigenvalue weighted by Gasteiger charge is -2.27. The number of hydrogen-bond donors (Lipinski definition) is 2. The summed E-state index contributed by atoms with van der Waals surface area (Å²) in [7, 11) is 1.49. The third kappa shape index (κ3) is 5.89. The van der Waals surface area contributed by atoms with Crippen LogP contribution in [-0.2, 0) is 31.6 Å². The van der Waals surface area contributed by atoms with Crippen molar-refractivity contribution in [2.45, 2.75) is 64.8 Å². The van der Waals surface area contributed by atoms with Gasteiger partial charge in [0, 0.05) is 5.69 Å². The smallest absolute Gasteiger partial charge is 0.307 e. The van der Waals surface area contributed by atoms with Gasteiger partial charge < -0.3 is 14.9 Å². The van der Waals surface area contributed by atoms with Crippen LogP contribution in [0.1, 0.15) is 75.4 Å². The number of ether oxygens (including phenoxy) is 1. The lowest BCUT2D eigenvalue weighted by atomic mass is 9.84. The van der Waals surface area contributed by atoms with Gasteiger partial charge in [0.2, 0.25) is 0 Å². The van der Waals surface area contributed by atoms with E-state index < -0.39 is 23.7 Å². The number of benzene rings is 3. The third-order valence-electron chi connectivity index (χ3n) is 7.43. The first-order valence-electron chi connectivity index (χ1n) is 13.5. The molecule has 3 aromatic rings. The van der Waals surface area contributed by atoms with Crippen LogP contribution in [0, 0.1) is 0 Å². The molecule has 0 spiro atoms. The summed E-state index contributed by atoms with van der Waals surface area (Å²) in [5.74, 6) is -2.51. The Morgan fingerprint density at radius 1 is 0.829 bits per heavy atom. The Balaban J connectivity index is 1.95. The second kappa shape index (κ2) is 10.9. The molecule has 41 heavy (non-hydrogen) atoms. The number of carboxylic acid groups (broad SMARTS) is 1. The van der Waals surface area contributed by atoms with Crippen LogP contribution in [-0.4, -0.2) is 35.0 Å². The summed E-state index contributed by atoms with van der Waals surface area (Å²) in [6, 6.07) is 18.7. The highest BCUT2D eigenvalue weighted by molar-refractivity contribution is 6.51. The Kier molecular flexibility index (Phi) is 7.85. The van der Waals surface area contributed by atoms with Gasteiger partial charge in [0.25, 0.3) is 11.7 Å². The van der Waals surface area contributed by atoms with Crippen molar-refractivity contribution in [1.29, 1.82) is 0 Å². The predicted molar refractivity (Wildman–Crippen MR) is 159 cm³/mol. The Morgan fingerprint density at radius 2 is 1.39 bits per heavy atom. The zero-order valence-electron chi connectivity index (χ0n) is 24.6. The molecule has 1 saturated heterocycles. The van der Waals surface area contributed by atoms with Crippen LogP contribution in [0.5, 0.6) is 5.75 Å². The number of Topliss-reactive ketones (excluding diaryl/α,β-unsaturated/α-hetero) is 1. The molecule has 1 amide bonds. The standard InChI is InChI=1S/C34H37NO6/c1-33(2,3)22-12-10-21(11-13-22)29-28(30(38)25-19-23(34(4,5)6)14-17-26(25)41-7)31(39)32(40)35(29)24-15-8-20(9-16-24)18-27(36)37/h8-17,19,29,38H,18H2,1-7H3,(H,36,37)/b30-28+. The average Bonchev–Trinajstić information content (AvgIpc) is 3.17. The maximum atomic E-state index is 13.7. The fourth-order valence-electron chi connectivity index (χ4n) is 5.03. The van der Waals surface area contributed by atoms with Crippen molar-refractivity contribution in [2.75, 3.05) is 12.0 Å². The summed E-state index contributed by atoms with van der Waals surface area (Å²) < 4.78 is 5.55. The van der Waals surface area contributed by atoms with E-state index in [9.17, 15) is 19.5 Å². The van der Waals surface area contributed by atoms with Crippen molar-refractivity contribution < 1.29 is 29.3 Å². The number of nitrogens with zero attached hydrogens (tertiary/aromatic N) is 1. The van der Waals surface area contributed by atoms with E-state index in [1.807, 2.05) is 51.1 Å². The zero-order chi connectivity index (χ0) is 30.3. The molecule has 1 fully saturated rings. The molecule has 1 heterocycles. The van der Waals surface area contributed by atoms with Gasteiger partial charge in [-0.15, -0.1) is 0 Å². The van der Waals surface area contributed by atoms with Crippen LogP contribution in [0.3, 0.4) is 0 Å². The van der Waals surface area contributed by atoms with Crippen molar-refractivity contribution in [3.8, 4) is 5.75 Å². The molecule has 0 aromatic heterocycles. The highest BCUT2D eigenvalue weighted by Crippen LogP contribution is 2.44. The van der Waals surface area contributed by atoms with Gasteiger partial charge in [-0.2, -0.15) is 0 Å². The molecule has 7 heteroatoms. The van der Waals surface area contributed by atoms with Gasteiger partial charge in [0.1, 0.15) is 11.5 Å². The van der Waals surface area contributed by atoms with E-state index in [0.717, 1.165) is 11.1 Å². The van der Waals surface area contributed by atoms with E-state index in [0.29, 0.717) is 28.1 Å². The molecule has 0 saturated carbocycles. The highest BCUT2D eigenvalue weighted by atomic mass is 16.5. The van der Waals surface area contributed by atoms with Crippen LogP contribution in [0.2, 0.25) is 0 Å². The number of amides is 1. The minimum atomic E-state index is -0.969. The van der Waals surface area contributed by atoms with Crippen molar-refractivity contribution >= 4 is 29.1 Å². The molecule has 1 aliphatic heterocycles. The fraction of sp³-hybridized carbons (Fsp3) is 0.324. The summed E-state index contributed by atoms with van der Waals surface area (Å²) in [6.07, 6.45) is -0.166. The van der Waals surface area contributed by atoms with Crippen molar-refractivity contribution in [2.24, 2.45) is 0 Å². The van der Waals surface area contributed by atoms with Crippen molar-refractivity contribution in [3.05, 3.63) is 100 Å². The van der Waals surface area contributed by atoms with Crippen molar-refractivity contribution in [3.63, 3.8) is 0 Å². The molecule has 214 valence electrons. The summed E-state index contributed by atoms with van der Waals surface area (Å²) in [5.41, 5.74) is 3.56. The number of aliphatic carboxylic acids is 1. The zero-order valence-corrected chi connectivity index (χ0v) is 24.6. The van der Waals surface area contributed by atoms with Crippen LogP contribution in [0.25, 0.3) is 5.76 Å². The number of carbonyl (C=O) groups excluding carboxylic acids is 2. The second-order valence-corrected chi connectivity index (χ2v) is 12.4. The van der Waals surface area contributed by atoms with E-state index >= 15 is 0 Å². The van der Waals surface area contributed by atoms with E-state index in [1.165, 1.54) is 12.0 Å². The van der Waals surface area contributed by atoms with E-state index in [1.54, 1.807) is 36.4 Å². The molecule has 4 rings (SSSR count). The summed E-state index contributed by atoms with van der Waals surface area (Å²) in [5, 5.41) is 20.9. The van der Waals surface area contributed by atoms with Gasteiger partial charge in [-0.1, -0.05) is 84.0 Å². The number of methoxy groups -OCH3 is 1. The number of aliphatic hydroxyl groups excluding tert-OH is 1. The van der Waals surface area contributed by atoms with Crippen LogP contribution in [0.4, 0.5) is 5.69 Å². The van der Waals surface area contributed by atoms with Gasteiger partial charge in [-0.05, 0) is 57.3 Å². The maximum Gasteiger partial charge on any atom is 0.307 e. The molecular weight excluding hydrogens is 518 g/mol. The number of carboxylic acids is 1. The number of ketones is 1. The molecule has 3 aromatic carbocycles. The Morgan fingerprint density at radius 3 is 1.90 bits per heavy atom. The number of aliphatic hydroxyl groups is 1. The van der Waals surface area contributed by atoms with Crippen LogP contribution < -0.4 is 9.64 Å². The van der Waals surface area contributed by atoms with Crippen LogP contribution >= 0.6 is 0 Å². The second-order valence-electron chi connectivity index (χ2n) is 12.4. The first-order valence-corrected chi connectivity index (χ1v) is 13.5. The molecule has 7 nitrogen and oxygen atoms in total. The molecule has 1 aliphatic rings. The van der Waals surface area contributed by atoms with Gasteiger partial charge in [0.05, 0.1) is 30.7 Å². The molecule has 0 radical (unpaired) electrons. The first-order chi connectivity index (χ1) is 19.1. The topological polar surface area (TPSA) is 104 Å². The largest absolute Gasteiger partial charge is 0.507 e.